The lowest BCUT2D eigenvalue weighted by Crippen LogP contribution is -2.48. The van der Waals surface area contributed by atoms with Crippen molar-refractivity contribution in [2.24, 2.45) is 5.92 Å². The molecule has 0 radical (unpaired) electrons. The second-order valence-corrected chi connectivity index (χ2v) is 8.44. The molecule has 1 aliphatic carbocycles. The highest BCUT2D eigenvalue weighted by Crippen LogP contribution is 2.39. The number of urea groups is 1. The number of hydrogen-bond acceptors (Lipinski definition) is 3. The van der Waals surface area contributed by atoms with E-state index < -0.39 is 0 Å². The first-order valence-electron chi connectivity index (χ1n) is 10.7. The van der Waals surface area contributed by atoms with Gasteiger partial charge < -0.3 is 20.3 Å². The van der Waals surface area contributed by atoms with Crippen molar-refractivity contribution in [3.8, 4) is 0 Å². The number of amides is 3. The first-order chi connectivity index (χ1) is 13.6. The Kier molecular flexibility index (Phi) is 5.58. The van der Waals surface area contributed by atoms with Crippen molar-refractivity contribution >= 4 is 17.6 Å². The van der Waals surface area contributed by atoms with Gasteiger partial charge in [-0.15, -0.1) is 0 Å². The van der Waals surface area contributed by atoms with Crippen molar-refractivity contribution in [1.82, 2.24) is 10.2 Å². The van der Waals surface area contributed by atoms with Gasteiger partial charge in [0.25, 0.3) is 0 Å². The normalized spacial score (nSPS) is 23.6. The summed E-state index contributed by atoms with van der Waals surface area (Å²) in [6, 6.07) is 7.89. The number of benzene rings is 1. The maximum atomic E-state index is 12.7. The maximum absolute atomic E-state index is 12.7. The van der Waals surface area contributed by atoms with Crippen LogP contribution in [0.25, 0.3) is 0 Å². The molecule has 0 bridgehead atoms. The molecular formula is C22H31N3O3. The van der Waals surface area contributed by atoms with E-state index in [2.05, 4.69) is 17.6 Å². The second-order valence-electron chi connectivity index (χ2n) is 8.44. The van der Waals surface area contributed by atoms with Gasteiger partial charge in [0.1, 0.15) is 6.10 Å². The van der Waals surface area contributed by atoms with Gasteiger partial charge in [0.2, 0.25) is 5.91 Å². The zero-order valence-electron chi connectivity index (χ0n) is 16.7. The molecular weight excluding hydrogens is 354 g/mol. The average molecular weight is 386 g/mol. The van der Waals surface area contributed by atoms with Crippen LogP contribution in [0.2, 0.25) is 0 Å². The molecule has 1 unspecified atom stereocenters. The van der Waals surface area contributed by atoms with Gasteiger partial charge in [-0.3, -0.25) is 4.79 Å². The summed E-state index contributed by atoms with van der Waals surface area (Å²) in [5, 5.41) is 6.09. The van der Waals surface area contributed by atoms with E-state index >= 15 is 0 Å². The molecule has 3 amide bonds. The van der Waals surface area contributed by atoms with Gasteiger partial charge in [-0.25, -0.2) is 4.79 Å². The number of aryl methyl sites for hydroxylation is 1. The molecule has 1 atom stereocenters. The number of ether oxygens (including phenoxy) is 1. The second kappa shape index (κ2) is 8.11. The van der Waals surface area contributed by atoms with E-state index in [1.807, 2.05) is 29.2 Å². The van der Waals surface area contributed by atoms with Gasteiger partial charge in [-0.1, -0.05) is 25.1 Å². The van der Waals surface area contributed by atoms with Gasteiger partial charge in [-0.2, -0.15) is 0 Å². The number of likely N-dealkylation sites (tertiary alicyclic amines) is 1. The summed E-state index contributed by atoms with van der Waals surface area (Å²) < 4.78 is 6.22. The van der Waals surface area contributed by atoms with E-state index in [-0.39, 0.29) is 23.6 Å². The average Bonchev–Trinajstić information content (AvgIpc) is 3.47. The Morgan fingerprint density at radius 2 is 1.89 bits per heavy atom. The molecule has 6 heteroatoms. The summed E-state index contributed by atoms with van der Waals surface area (Å²) in [7, 11) is 0. The number of anilines is 1. The highest BCUT2D eigenvalue weighted by Gasteiger charge is 2.45. The van der Waals surface area contributed by atoms with E-state index in [0.29, 0.717) is 19.0 Å². The van der Waals surface area contributed by atoms with E-state index in [4.69, 9.17) is 4.74 Å². The molecule has 1 aromatic rings. The molecule has 6 nitrogen and oxygen atoms in total. The third-order valence-electron chi connectivity index (χ3n) is 6.41. The van der Waals surface area contributed by atoms with Crippen molar-refractivity contribution < 1.29 is 14.3 Å². The minimum atomic E-state index is -0.324. The van der Waals surface area contributed by atoms with E-state index in [0.717, 1.165) is 49.9 Å². The highest BCUT2D eigenvalue weighted by atomic mass is 16.5. The van der Waals surface area contributed by atoms with Crippen LogP contribution in [0.1, 0.15) is 51.0 Å². The van der Waals surface area contributed by atoms with Crippen LogP contribution >= 0.6 is 0 Å². The van der Waals surface area contributed by atoms with Crippen molar-refractivity contribution in [3.63, 3.8) is 0 Å². The summed E-state index contributed by atoms with van der Waals surface area (Å²) in [4.78, 5) is 26.9. The predicted octanol–water partition coefficient (Wildman–Crippen LogP) is 3.32. The molecule has 3 fully saturated rings. The molecule has 28 heavy (non-hydrogen) atoms. The Balaban J connectivity index is 1.27. The Labute approximate surface area is 167 Å². The fourth-order valence-corrected chi connectivity index (χ4v) is 4.31. The fraction of sp³-hybridized carbons (Fsp3) is 0.636. The van der Waals surface area contributed by atoms with Crippen molar-refractivity contribution in [3.05, 3.63) is 29.8 Å². The van der Waals surface area contributed by atoms with E-state index in [1.165, 1.54) is 12.8 Å². The molecule has 152 valence electrons. The quantitative estimate of drug-likeness (QED) is 0.817. The zero-order valence-corrected chi connectivity index (χ0v) is 16.7. The fourth-order valence-electron chi connectivity index (χ4n) is 4.31. The number of carbonyl (C=O) groups excluding carboxylic acids is 2. The van der Waals surface area contributed by atoms with Crippen molar-refractivity contribution in [2.75, 3.05) is 25.0 Å². The Morgan fingerprint density at radius 1 is 1.14 bits per heavy atom. The van der Waals surface area contributed by atoms with Gasteiger partial charge in [0, 0.05) is 25.3 Å². The van der Waals surface area contributed by atoms with Crippen molar-refractivity contribution in [1.29, 1.82) is 0 Å². The van der Waals surface area contributed by atoms with Crippen molar-refractivity contribution in [2.45, 2.75) is 63.6 Å². The van der Waals surface area contributed by atoms with Gasteiger partial charge >= 0.3 is 6.03 Å². The maximum Gasteiger partial charge on any atom is 0.321 e. The van der Waals surface area contributed by atoms with Crippen LogP contribution in [0.4, 0.5) is 10.5 Å². The molecule has 4 rings (SSSR count). The Morgan fingerprint density at radius 3 is 2.61 bits per heavy atom. The van der Waals surface area contributed by atoms with Gasteiger partial charge in [0.15, 0.2) is 0 Å². The summed E-state index contributed by atoms with van der Waals surface area (Å²) in [6.07, 6.45) is 6.31. The van der Waals surface area contributed by atoms with E-state index in [1.54, 1.807) is 0 Å². The Bertz CT molecular complexity index is 723. The number of nitrogens with zero attached hydrogens (tertiary/aromatic N) is 1. The van der Waals surface area contributed by atoms with Crippen LogP contribution in [0.5, 0.6) is 0 Å². The molecule has 1 aromatic carbocycles. The molecule has 3 aliphatic rings. The molecule has 1 saturated carbocycles. The number of rotatable bonds is 5. The monoisotopic (exact) mass is 385 g/mol. The zero-order chi connectivity index (χ0) is 19.6. The molecule has 0 aromatic heterocycles. The number of hydrogen-bond donors (Lipinski definition) is 2. The molecule has 2 saturated heterocycles. The SMILES string of the molecule is CCc1ccccc1NC(=O)N1CCC2(CCC(C(=O)NCC3CC3)O2)CC1. The lowest BCUT2D eigenvalue weighted by atomic mass is 9.88. The molecule has 1 spiro atoms. The third kappa shape index (κ3) is 4.32. The molecule has 2 aliphatic heterocycles. The van der Waals surface area contributed by atoms with Crippen LogP contribution in [-0.4, -0.2) is 48.2 Å². The smallest absolute Gasteiger partial charge is 0.321 e. The van der Waals surface area contributed by atoms with E-state index in [9.17, 15) is 9.59 Å². The first kappa shape index (κ1) is 19.2. The number of piperidine rings is 1. The number of carbonyl (C=O) groups is 2. The van der Waals surface area contributed by atoms with Crippen LogP contribution in [-0.2, 0) is 16.0 Å². The summed E-state index contributed by atoms with van der Waals surface area (Å²) in [5.74, 6) is 0.721. The Hall–Kier alpha value is -2.08. The van der Waals surface area contributed by atoms with Gasteiger partial charge in [-0.05, 0) is 62.5 Å². The first-order valence-corrected chi connectivity index (χ1v) is 10.7. The predicted molar refractivity (Wildman–Crippen MR) is 108 cm³/mol. The minimum Gasteiger partial charge on any atom is -0.362 e. The topological polar surface area (TPSA) is 70.7 Å². The summed E-state index contributed by atoms with van der Waals surface area (Å²) >= 11 is 0. The van der Waals surface area contributed by atoms with Crippen LogP contribution in [0, 0.1) is 5.92 Å². The molecule has 2 heterocycles. The van der Waals surface area contributed by atoms with Crippen LogP contribution in [0.15, 0.2) is 24.3 Å². The summed E-state index contributed by atoms with van der Waals surface area (Å²) in [6.45, 7) is 4.20. The number of para-hydroxylation sites is 1. The van der Waals surface area contributed by atoms with Crippen LogP contribution < -0.4 is 10.6 Å². The lowest BCUT2D eigenvalue weighted by molar-refractivity contribution is -0.140. The van der Waals surface area contributed by atoms with Gasteiger partial charge in [0.05, 0.1) is 5.60 Å². The molecule has 2 N–H and O–H groups in total. The van der Waals surface area contributed by atoms with Crippen LogP contribution in [0.3, 0.4) is 0 Å². The largest absolute Gasteiger partial charge is 0.362 e. The lowest BCUT2D eigenvalue weighted by Gasteiger charge is -2.39. The standard InChI is InChI=1S/C22H31N3O3/c1-2-17-5-3-4-6-18(17)24-21(27)25-13-11-22(12-14-25)10-9-19(28-22)20(26)23-15-16-7-8-16/h3-6,16,19H,2,7-15H2,1H3,(H,23,26)(H,24,27). The minimum absolute atomic E-state index is 0.0418. The third-order valence-corrected chi connectivity index (χ3v) is 6.41. The number of nitrogens with one attached hydrogen (secondary N) is 2. The summed E-state index contributed by atoms with van der Waals surface area (Å²) in [5.41, 5.74) is 1.79. The highest BCUT2D eigenvalue weighted by molar-refractivity contribution is 5.90.